The molecule has 1 rings (SSSR count). The standard InChI is InChI=1S/C10H10O4/c1-13-8-4-2-3-5-9(8)14-7-6-10(11)12/h2-7H,1H3,(H,11,12). The average molecular weight is 194 g/mol. The number of rotatable bonds is 4. The van der Waals surface area contributed by atoms with Crippen molar-refractivity contribution >= 4 is 5.97 Å². The number of hydrogen-bond donors (Lipinski definition) is 1. The third kappa shape index (κ3) is 2.82. The smallest absolute Gasteiger partial charge is 0.331 e. The van der Waals surface area contributed by atoms with Crippen LogP contribution >= 0.6 is 0 Å². The summed E-state index contributed by atoms with van der Waals surface area (Å²) in [5.74, 6) is -0.0186. The van der Waals surface area contributed by atoms with Crippen LogP contribution in [0.3, 0.4) is 0 Å². The van der Waals surface area contributed by atoms with Crippen LogP contribution in [0.4, 0.5) is 0 Å². The lowest BCUT2D eigenvalue weighted by Gasteiger charge is -2.05. The number of hydrogen-bond acceptors (Lipinski definition) is 3. The van der Waals surface area contributed by atoms with Crippen LogP contribution in [0.2, 0.25) is 0 Å². The Morgan fingerprint density at radius 3 is 2.57 bits per heavy atom. The van der Waals surface area contributed by atoms with E-state index in [2.05, 4.69) is 0 Å². The van der Waals surface area contributed by atoms with Crippen LogP contribution in [0.25, 0.3) is 0 Å². The zero-order valence-electron chi connectivity index (χ0n) is 7.64. The maximum Gasteiger partial charge on any atom is 0.331 e. The third-order valence-electron chi connectivity index (χ3n) is 1.47. The Balaban J connectivity index is 2.71. The van der Waals surface area contributed by atoms with E-state index in [-0.39, 0.29) is 0 Å². The Bertz CT molecular complexity index is 344. The second kappa shape index (κ2) is 4.91. The first-order chi connectivity index (χ1) is 6.74. The van der Waals surface area contributed by atoms with Crippen molar-refractivity contribution in [3.8, 4) is 11.5 Å². The fourth-order valence-electron chi connectivity index (χ4n) is 0.882. The Hall–Kier alpha value is -1.97. The van der Waals surface area contributed by atoms with Crippen molar-refractivity contribution < 1.29 is 19.4 Å². The van der Waals surface area contributed by atoms with Gasteiger partial charge in [-0.2, -0.15) is 0 Å². The SMILES string of the molecule is COc1ccccc1OC=CC(=O)O. The van der Waals surface area contributed by atoms with Gasteiger partial charge in [-0.3, -0.25) is 0 Å². The molecule has 74 valence electrons. The zero-order valence-corrected chi connectivity index (χ0v) is 7.64. The second-order valence-electron chi connectivity index (χ2n) is 2.41. The Kier molecular flexibility index (Phi) is 3.55. The first kappa shape index (κ1) is 10.1. The molecule has 0 saturated carbocycles. The molecular formula is C10H10O4. The third-order valence-corrected chi connectivity index (χ3v) is 1.47. The molecule has 0 unspecified atom stereocenters. The first-order valence-corrected chi connectivity index (χ1v) is 3.93. The van der Waals surface area contributed by atoms with Gasteiger partial charge in [0.05, 0.1) is 19.4 Å². The lowest BCUT2D eigenvalue weighted by atomic mass is 10.3. The van der Waals surface area contributed by atoms with Crippen LogP contribution in [0, 0.1) is 0 Å². The lowest BCUT2D eigenvalue weighted by Crippen LogP contribution is -1.91. The van der Waals surface area contributed by atoms with Crippen molar-refractivity contribution in [3.63, 3.8) is 0 Å². The van der Waals surface area contributed by atoms with Crippen molar-refractivity contribution in [3.05, 3.63) is 36.6 Å². The summed E-state index contributed by atoms with van der Waals surface area (Å²) in [6.07, 6.45) is 2.01. The van der Waals surface area contributed by atoms with E-state index in [9.17, 15) is 4.79 Å². The normalized spacial score (nSPS) is 10.1. The number of carboxylic acids is 1. The van der Waals surface area contributed by atoms with E-state index in [1.165, 1.54) is 7.11 Å². The Morgan fingerprint density at radius 2 is 2.00 bits per heavy atom. The number of para-hydroxylation sites is 2. The zero-order chi connectivity index (χ0) is 10.4. The van der Waals surface area contributed by atoms with Gasteiger partial charge in [0, 0.05) is 0 Å². The summed E-state index contributed by atoms with van der Waals surface area (Å²) in [7, 11) is 1.52. The largest absolute Gasteiger partial charge is 0.493 e. The monoisotopic (exact) mass is 194 g/mol. The van der Waals surface area contributed by atoms with Gasteiger partial charge in [-0.15, -0.1) is 0 Å². The minimum atomic E-state index is -1.06. The molecule has 0 heterocycles. The Morgan fingerprint density at radius 1 is 1.36 bits per heavy atom. The quantitative estimate of drug-likeness (QED) is 0.585. The summed E-state index contributed by atoms with van der Waals surface area (Å²) < 4.78 is 10.0. The molecule has 0 aromatic heterocycles. The summed E-state index contributed by atoms with van der Waals surface area (Å²) in [6.45, 7) is 0. The lowest BCUT2D eigenvalue weighted by molar-refractivity contribution is -0.131. The van der Waals surface area contributed by atoms with Crippen LogP contribution in [0.15, 0.2) is 36.6 Å². The molecule has 0 amide bonds. The van der Waals surface area contributed by atoms with Crippen molar-refractivity contribution in [2.24, 2.45) is 0 Å². The van der Waals surface area contributed by atoms with Crippen molar-refractivity contribution in [1.29, 1.82) is 0 Å². The van der Waals surface area contributed by atoms with Gasteiger partial charge < -0.3 is 14.6 Å². The van der Waals surface area contributed by atoms with Gasteiger partial charge in [0.15, 0.2) is 11.5 Å². The van der Waals surface area contributed by atoms with Gasteiger partial charge in [-0.25, -0.2) is 4.79 Å². The summed E-state index contributed by atoms with van der Waals surface area (Å²) in [5, 5.41) is 8.32. The predicted molar refractivity (Wildman–Crippen MR) is 50.4 cm³/mol. The fraction of sp³-hybridized carbons (Fsp3) is 0.100. The fourth-order valence-corrected chi connectivity index (χ4v) is 0.882. The van der Waals surface area contributed by atoms with Crippen molar-refractivity contribution in [1.82, 2.24) is 0 Å². The molecule has 4 heteroatoms. The van der Waals surface area contributed by atoms with Gasteiger partial charge in [0.25, 0.3) is 0 Å². The van der Waals surface area contributed by atoms with Crippen LogP contribution in [0.1, 0.15) is 0 Å². The number of benzene rings is 1. The minimum Gasteiger partial charge on any atom is -0.493 e. The molecule has 0 bridgehead atoms. The van der Waals surface area contributed by atoms with E-state index in [0.717, 1.165) is 12.3 Å². The molecule has 0 spiro atoms. The predicted octanol–water partition coefficient (Wildman–Crippen LogP) is 1.67. The first-order valence-electron chi connectivity index (χ1n) is 3.93. The molecule has 14 heavy (non-hydrogen) atoms. The highest BCUT2D eigenvalue weighted by molar-refractivity contribution is 5.79. The van der Waals surface area contributed by atoms with E-state index < -0.39 is 5.97 Å². The summed E-state index contributed by atoms with van der Waals surface area (Å²) in [6, 6.07) is 6.98. The van der Waals surface area contributed by atoms with Crippen LogP contribution < -0.4 is 9.47 Å². The van der Waals surface area contributed by atoms with Crippen LogP contribution in [0.5, 0.6) is 11.5 Å². The molecule has 1 aromatic carbocycles. The number of aliphatic carboxylic acids is 1. The van der Waals surface area contributed by atoms with Crippen molar-refractivity contribution in [2.45, 2.75) is 0 Å². The number of ether oxygens (including phenoxy) is 2. The second-order valence-corrected chi connectivity index (χ2v) is 2.41. The number of carbonyl (C=O) groups is 1. The van der Waals surface area contributed by atoms with Gasteiger partial charge in [-0.05, 0) is 12.1 Å². The van der Waals surface area contributed by atoms with Gasteiger partial charge in [-0.1, -0.05) is 12.1 Å². The summed E-state index contributed by atoms with van der Waals surface area (Å²) in [5.41, 5.74) is 0. The van der Waals surface area contributed by atoms with E-state index in [0.29, 0.717) is 11.5 Å². The maximum atomic E-state index is 10.1. The summed E-state index contributed by atoms with van der Waals surface area (Å²) in [4.78, 5) is 10.1. The molecule has 4 nitrogen and oxygen atoms in total. The van der Waals surface area contributed by atoms with E-state index in [1.54, 1.807) is 24.3 Å². The Labute approximate surface area is 81.4 Å². The van der Waals surface area contributed by atoms with Crippen LogP contribution in [-0.4, -0.2) is 18.2 Å². The average Bonchev–Trinajstić information content (AvgIpc) is 2.18. The van der Waals surface area contributed by atoms with E-state index in [1.807, 2.05) is 0 Å². The molecule has 0 aliphatic rings. The van der Waals surface area contributed by atoms with Gasteiger partial charge >= 0.3 is 5.97 Å². The molecular weight excluding hydrogens is 184 g/mol. The number of methoxy groups -OCH3 is 1. The molecule has 0 atom stereocenters. The molecule has 0 aliphatic heterocycles. The summed E-state index contributed by atoms with van der Waals surface area (Å²) >= 11 is 0. The minimum absolute atomic E-state index is 0.479. The van der Waals surface area contributed by atoms with E-state index >= 15 is 0 Å². The molecule has 0 radical (unpaired) electrons. The van der Waals surface area contributed by atoms with Gasteiger partial charge in [0.2, 0.25) is 0 Å². The van der Waals surface area contributed by atoms with Crippen molar-refractivity contribution in [2.75, 3.05) is 7.11 Å². The molecule has 1 aromatic rings. The highest BCUT2D eigenvalue weighted by atomic mass is 16.5. The van der Waals surface area contributed by atoms with Crippen LogP contribution in [-0.2, 0) is 4.79 Å². The molecule has 1 N–H and O–H groups in total. The molecule has 0 fully saturated rings. The van der Waals surface area contributed by atoms with E-state index in [4.69, 9.17) is 14.6 Å². The maximum absolute atomic E-state index is 10.1. The number of carboxylic acid groups (broad SMARTS) is 1. The van der Waals surface area contributed by atoms with Gasteiger partial charge in [0.1, 0.15) is 0 Å². The molecule has 0 saturated heterocycles. The topological polar surface area (TPSA) is 55.8 Å². The highest BCUT2D eigenvalue weighted by Crippen LogP contribution is 2.25. The molecule has 0 aliphatic carbocycles. The highest BCUT2D eigenvalue weighted by Gasteiger charge is 1.99.